The van der Waals surface area contributed by atoms with Gasteiger partial charge in [0.1, 0.15) is 4.90 Å². The average Bonchev–Trinajstić information content (AvgIpc) is 2.92. The first-order chi connectivity index (χ1) is 9.51. The maximum atomic E-state index is 12.2. The van der Waals surface area contributed by atoms with Gasteiger partial charge in [0.15, 0.2) is 0 Å². The third-order valence-electron chi connectivity index (χ3n) is 2.83. The number of hydrogen-bond acceptors (Lipinski definition) is 5. The van der Waals surface area contributed by atoms with Crippen molar-refractivity contribution in [2.75, 3.05) is 26.0 Å². The number of hydrogen-bond donors (Lipinski definition) is 1. The van der Waals surface area contributed by atoms with Crippen molar-refractivity contribution in [1.29, 1.82) is 0 Å². The number of thiazole rings is 1. The third kappa shape index (κ3) is 3.36. The van der Waals surface area contributed by atoms with Crippen molar-refractivity contribution >= 4 is 27.0 Å². The molecular formula is C13H17N3O2S2. The molecule has 0 aliphatic rings. The van der Waals surface area contributed by atoms with Crippen LogP contribution in [-0.4, -0.2) is 38.3 Å². The van der Waals surface area contributed by atoms with Crippen LogP contribution < -0.4 is 5.32 Å². The Balaban J connectivity index is 2.12. The lowest BCUT2D eigenvalue weighted by atomic mass is 10.3. The molecule has 5 nitrogen and oxygen atoms in total. The highest BCUT2D eigenvalue weighted by molar-refractivity contribution is 7.89. The number of sulfonamides is 1. The first-order valence-electron chi connectivity index (χ1n) is 6.14. The van der Waals surface area contributed by atoms with Gasteiger partial charge in [0.05, 0.1) is 16.9 Å². The molecule has 1 N–H and O–H groups in total. The molecule has 0 unspecified atom stereocenters. The molecule has 2 aromatic rings. The summed E-state index contributed by atoms with van der Waals surface area (Å²) in [5, 5.41) is 5.16. The Morgan fingerprint density at radius 2 is 2.05 bits per heavy atom. The van der Waals surface area contributed by atoms with Gasteiger partial charge in [-0.2, -0.15) is 0 Å². The van der Waals surface area contributed by atoms with Crippen molar-refractivity contribution in [3.05, 3.63) is 40.8 Å². The zero-order valence-corrected chi connectivity index (χ0v) is 13.0. The average molecular weight is 311 g/mol. The van der Waals surface area contributed by atoms with Gasteiger partial charge in [-0.15, -0.1) is 11.3 Å². The first-order valence-corrected chi connectivity index (χ1v) is 8.52. The molecule has 0 saturated heterocycles. The summed E-state index contributed by atoms with van der Waals surface area (Å²) in [6, 6.07) is 6.93. The summed E-state index contributed by atoms with van der Waals surface area (Å²) < 4.78 is 25.7. The highest BCUT2D eigenvalue weighted by atomic mass is 32.2. The van der Waals surface area contributed by atoms with E-state index < -0.39 is 10.0 Å². The van der Waals surface area contributed by atoms with Gasteiger partial charge in [0.2, 0.25) is 10.0 Å². The van der Waals surface area contributed by atoms with Crippen LogP contribution in [0.5, 0.6) is 0 Å². The van der Waals surface area contributed by atoms with Gasteiger partial charge in [-0.3, -0.25) is 0 Å². The highest BCUT2D eigenvalue weighted by Gasteiger charge is 2.20. The van der Waals surface area contributed by atoms with Crippen LogP contribution in [0.4, 0.5) is 5.69 Å². The van der Waals surface area contributed by atoms with E-state index in [-0.39, 0.29) is 0 Å². The predicted octanol–water partition coefficient (Wildman–Crippen LogP) is 2.05. The molecule has 7 heteroatoms. The summed E-state index contributed by atoms with van der Waals surface area (Å²) in [6.45, 7) is 0.643. The van der Waals surface area contributed by atoms with Crippen LogP contribution in [0.25, 0.3) is 0 Å². The second-order valence-corrected chi connectivity index (χ2v) is 7.28. The molecule has 2 rings (SSSR count). The number of nitrogens with zero attached hydrogens (tertiary/aromatic N) is 2. The quantitative estimate of drug-likeness (QED) is 0.887. The topological polar surface area (TPSA) is 62.3 Å². The Morgan fingerprint density at radius 3 is 2.70 bits per heavy atom. The largest absolute Gasteiger partial charge is 0.384 e. The van der Waals surface area contributed by atoms with E-state index in [1.54, 1.807) is 35.0 Å². The van der Waals surface area contributed by atoms with E-state index in [1.165, 1.54) is 18.4 Å². The van der Waals surface area contributed by atoms with Crippen molar-refractivity contribution < 1.29 is 8.42 Å². The molecule has 0 atom stereocenters. The van der Waals surface area contributed by atoms with E-state index in [9.17, 15) is 8.42 Å². The van der Waals surface area contributed by atoms with Crippen LogP contribution in [-0.2, 0) is 16.4 Å². The number of benzene rings is 1. The number of para-hydroxylation sites is 1. The fourth-order valence-corrected chi connectivity index (χ4v) is 3.38. The van der Waals surface area contributed by atoms with Crippen molar-refractivity contribution in [3.63, 3.8) is 0 Å². The molecule has 0 spiro atoms. The normalized spacial score (nSPS) is 11.8. The first kappa shape index (κ1) is 15.0. The smallest absolute Gasteiger partial charge is 0.244 e. The van der Waals surface area contributed by atoms with Crippen LogP contribution in [0.2, 0.25) is 0 Å². The van der Waals surface area contributed by atoms with Gasteiger partial charge in [-0.25, -0.2) is 17.7 Å². The zero-order valence-electron chi connectivity index (χ0n) is 11.4. The van der Waals surface area contributed by atoms with Crippen LogP contribution in [0, 0.1) is 0 Å². The Bertz CT molecular complexity index is 652. The minimum absolute atomic E-state index is 0.295. The molecule has 1 heterocycles. The van der Waals surface area contributed by atoms with E-state index in [2.05, 4.69) is 10.3 Å². The second kappa shape index (κ2) is 6.34. The van der Waals surface area contributed by atoms with Crippen molar-refractivity contribution in [2.45, 2.75) is 11.3 Å². The second-order valence-electron chi connectivity index (χ2n) is 4.44. The van der Waals surface area contributed by atoms with Gasteiger partial charge in [0, 0.05) is 32.4 Å². The van der Waals surface area contributed by atoms with Crippen LogP contribution in [0.1, 0.15) is 5.69 Å². The maximum Gasteiger partial charge on any atom is 0.244 e. The lowest BCUT2D eigenvalue weighted by Gasteiger charge is -2.16. The summed E-state index contributed by atoms with van der Waals surface area (Å²) in [7, 11) is -0.376. The lowest BCUT2D eigenvalue weighted by molar-refractivity contribution is 0.521. The van der Waals surface area contributed by atoms with Gasteiger partial charge in [-0.05, 0) is 12.1 Å². The SMILES string of the molecule is CN(C)S(=O)(=O)c1ccccc1NCCc1cscn1. The summed E-state index contributed by atoms with van der Waals surface area (Å²) in [5.41, 5.74) is 3.42. The summed E-state index contributed by atoms with van der Waals surface area (Å²) in [4.78, 5) is 4.49. The van der Waals surface area contributed by atoms with Gasteiger partial charge >= 0.3 is 0 Å². The maximum absolute atomic E-state index is 12.2. The Hall–Kier alpha value is -1.44. The van der Waals surface area contributed by atoms with Crippen molar-refractivity contribution in [3.8, 4) is 0 Å². The summed E-state index contributed by atoms with van der Waals surface area (Å²) in [5.74, 6) is 0. The van der Waals surface area contributed by atoms with E-state index in [1.807, 2.05) is 11.4 Å². The van der Waals surface area contributed by atoms with Crippen LogP contribution >= 0.6 is 11.3 Å². The third-order valence-corrected chi connectivity index (χ3v) is 5.33. The van der Waals surface area contributed by atoms with E-state index >= 15 is 0 Å². The molecule has 0 aliphatic heterocycles. The lowest BCUT2D eigenvalue weighted by Crippen LogP contribution is -2.23. The fraction of sp³-hybridized carbons (Fsp3) is 0.308. The highest BCUT2D eigenvalue weighted by Crippen LogP contribution is 2.23. The minimum Gasteiger partial charge on any atom is -0.384 e. The van der Waals surface area contributed by atoms with E-state index in [0.29, 0.717) is 17.1 Å². The number of nitrogens with one attached hydrogen (secondary N) is 1. The predicted molar refractivity (Wildman–Crippen MR) is 81.6 cm³/mol. The molecule has 0 fully saturated rings. The number of aromatic nitrogens is 1. The molecule has 0 radical (unpaired) electrons. The fourth-order valence-electron chi connectivity index (χ4n) is 1.72. The number of rotatable bonds is 6. The number of anilines is 1. The Morgan fingerprint density at radius 1 is 1.30 bits per heavy atom. The molecule has 0 bridgehead atoms. The molecule has 0 aliphatic carbocycles. The molecule has 0 saturated carbocycles. The molecule has 108 valence electrons. The zero-order chi connectivity index (χ0) is 14.6. The van der Waals surface area contributed by atoms with E-state index in [4.69, 9.17) is 0 Å². The summed E-state index contributed by atoms with van der Waals surface area (Å²) >= 11 is 1.56. The van der Waals surface area contributed by atoms with E-state index in [0.717, 1.165) is 12.1 Å². The molecule has 1 aromatic carbocycles. The van der Waals surface area contributed by atoms with Crippen LogP contribution in [0.3, 0.4) is 0 Å². The van der Waals surface area contributed by atoms with Gasteiger partial charge in [-0.1, -0.05) is 12.1 Å². The molecule has 1 aromatic heterocycles. The van der Waals surface area contributed by atoms with Gasteiger partial charge in [0.25, 0.3) is 0 Å². The van der Waals surface area contributed by atoms with Crippen LogP contribution in [0.15, 0.2) is 40.1 Å². The minimum atomic E-state index is -3.43. The summed E-state index contributed by atoms with van der Waals surface area (Å²) in [6.07, 6.45) is 0.764. The Labute approximate surface area is 123 Å². The molecule has 20 heavy (non-hydrogen) atoms. The van der Waals surface area contributed by atoms with Gasteiger partial charge < -0.3 is 5.32 Å². The monoisotopic (exact) mass is 311 g/mol. The molecular weight excluding hydrogens is 294 g/mol. The van der Waals surface area contributed by atoms with Crippen molar-refractivity contribution in [1.82, 2.24) is 9.29 Å². The van der Waals surface area contributed by atoms with Crippen molar-refractivity contribution in [2.24, 2.45) is 0 Å². The molecule has 0 amide bonds. The standard InChI is InChI=1S/C13H17N3O2S2/c1-16(2)20(17,18)13-6-4-3-5-12(13)14-8-7-11-9-19-10-15-11/h3-6,9-10,14H,7-8H2,1-2H3. The Kier molecular flexibility index (Phi) is 4.74.